The van der Waals surface area contributed by atoms with Crippen LogP contribution in [0, 0.1) is 0 Å². The molecule has 8 heteroatoms. The number of aromatic amines is 1. The van der Waals surface area contributed by atoms with Gasteiger partial charge in [-0.3, -0.25) is 5.10 Å². The molecule has 0 aromatic carbocycles. The van der Waals surface area contributed by atoms with Crippen LogP contribution in [0.1, 0.15) is 0 Å². The van der Waals surface area contributed by atoms with Crippen molar-refractivity contribution in [3.8, 4) is 0 Å². The van der Waals surface area contributed by atoms with Gasteiger partial charge in [-0.05, 0) is 6.07 Å². The highest BCUT2D eigenvalue weighted by Gasteiger charge is 2.17. The van der Waals surface area contributed by atoms with Gasteiger partial charge in [-0.25, -0.2) is 9.52 Å². The van der Waals surface area contributed by atoms with Gasteiger partial charge >= 0.3 is 6.09 Å². The van der Waals surface area contributed by atoms with Crippen LogP contribution in [0.3, 0.4) is 0 Å². The highest BCUT2D eigenvalue weighted by Crippen LogP contribution is 2.00. The van der Waals surface area contributed by atoms with Crippen LogP contribution in [-0.4, -0.2) is 29.8 Å². The maximum atomic E-state index is 10.9. The molecule has 1 rings (SSSR count). The Balaban J connectivity index is 2.96. The second-order valence-corrected chi connectivity index (χ2v) is 3.48. The number of nitrogens with one attached hydrogen (secondary N) is 2. The Morgan fingerprint density at radius 1 is 1.67 bits per heavy atom. The quantitative estimate of drug-likeness (QED) is 0.575. The predicted octanol–water partition coefficient (Wildman–Crippen LogP) is -0.634. The van der Waals surface area contributed by atoms with Crippen molar-refractivity contribution in [2.24, 2.45) is 0 Å². The summed E-state index contributed by atoms with van der Waals surface area (Å²) < 4.78 is 23.2. The Hall–Kier alpha value is -1.57. The van der Waals surface area contributed by atoms with Crippen LogP contribution in [0.15, 0.2) is 17.3 Å². The molecule has 1 aromatic rings. The van der Waals surface area contributed by atoms with Crippen molar-refractivity contribution in [2.45, 2.75) is 5.03 Å². The third kappa shape index (κ3) is 1.72. The summed E-state index contributed by atoms with van der Waals surface area (Å²) in [5, 5.41) is 13.3. The summed E-state index contributed by atoms with van der Waals surface area (Å²) >= 11 is 0. The van der Waals surface area contributed by atoms with E-state index >= 15 is 0 Å². The Bertz CT molecular complexity index is 367. The first-order valence-electron chi connectivity index (χ1n) is 2.77. The van der Waals surface area contributed by atoms with Gasteiger partial charge in [0.15, 0.2) is 5.03 Å². The summed E-state index contributed by atoms with van der Waals surface area (Å²) in [5.41, 5.74) is 0. The molecule has 1 aromatic heterocycles. The average Bonchev–Trinajstić information content (AvgIpc) is 2.32. The number of hydrogen-bond acceptors (Lipinski definition) is 4. The lowest BCUT2D eigenvalue weighted by Crippen LogP contribution is -2.29. The minimum atomic E-state index is -3.98. The second-order valence-electron chi connectivity index (χ2n) is 1.83. The third-order valence-electron chi connectivity index (χ3n) is 0.986. The van der Waals surface area contributed by atoms with Crippen molar-refractivity contribution in [3.05, 3.63) is 12.3 Å². The van der Waals surface area contributed by atoms with E-state index in [-0.39, 0.29) is 5.03 Å². The molecule has 12 heavy (non-hydrogen) atoms. The van der Waals surface area contributed by atoms with Crippen molar-refractivity contribution in [3.63, 3.8) is 0 Å². The number of amides is 1. The molecule has 0 spiro atoms. The molecule has 0 saturated carbocycles. The fourth-order valence-electron chi connectivity index (χ4n) is 0.563. The first kappa shape index (κ1) is 8.53. The van der Waals surface area contributed by atoms with Crippen LogP contribution >= 0.6 is 0 Å². The van der Waals surface area contributed by atoms with E-state index in [1.807, 2.05) is 0 Å². The summed E-state index contributed by atoms with van der Waals surface area (Å²) in [7, 11) is -3.98. The van der Waals surface area contributed by atoms with Crippen LogP contribution in [0.2, 0.25) is 0 Å². The van der Waals surface area contributed by atoms with Crippen molar-refractivity contribution in [1.82, 2.24) is 14.9 Å². The lowest BCUT2D eigenvalue weighted by atomic mass is 10.8. The van der Waals surface area contributed by atoms with Gasteiger partial charge in [0.2, 0.25) is 0 Å². The lowest BCUT2D eigenvalue weighted by Gasteiger charge is -1.98. The van der Waals surface area contributed by atoms with E-state index in [1.165, 1.54) is 10.9 Å². The molecule has 7 nitrogen and oxygen atoms in total. The van der Waals surface area contributed by atoms with E-state index in [4.69, 9.17) is 5.11 Å². The van der Waals surface area contributed by atoms with E-state index in [0.717, 1.165) is 6.07 Å². The standard InChI is InChI=1S/C4H5N3O4S/c8-4(9)7-12(10,11)3-1-2-5-6-3/h1-2,7H,(H,5,6)(H,8,9). The summed E-state index contributed by atoms with van der Waals surface area (Å²) in [4.78, 5) is 9.99. The fourth-order valence-corrected chi connectivity index (χ4v) is 1.32. The number of carbonyl (C=O) groups is 1. The number of rotatable bonds is 2. The summed E-state index contributed by atoms with van der Waals surface area (Å²) in [5.74, 6) is 0. The van der Waals surface area contributed by atoms with E-state index in [2.05, 4.69) is 10.2 Å². The number of H-pyrrole nitrogens is 1. The average molecular weight is 191 g/mol. The molecule has 0 bridgehead atoms. The summed E-state index contributed by atoms with van der Waals surface area (Å²) in [6.45, 7) is 0. The maximum absolute atomic E-state index is 10.9. The first-order valence-corrected chi connectivity index (χ1v) is 4.26. The SMILES string of the molecule is O=C(O)NS(=O)(=O)c1ccn[nH]1. The second kappa shape index (κ2) is 2.81. The smallest absolute Gasteiger partial charge is 0.418 e. The predicted molar refractivity (Wildman–Crippen MR) is 36.9 cm³/mol. The van der Waals surface area contributed by atoms with Crippen molar-refractivity contribution in [1.29, 1.82) is 0 Å². The molecular weight excluding hydrogens is 186 g/mol. The molecule has 3 N–H and O–H groups in total. The molecule has 0 atom stereocenters. The number of sulfonamides is 1. The number of aromatic nitrogens is 2. The van der Waals surface area contributed by atoms with Crippen molar-refractivity contribution >= 4 is 16.1 Å². The van der Waals surface area contributed by atoms with Crippen LogP contribution in [0.4, 0.5) is 4.79 Å². The molecule has 0 saturated heterocycles. The third-order valence-corrected chi connectivity index (χ3v) is 2.24. The van der Waals surface area contributed by atoms with E-state index in [9.17, 15) is 13.2 Å². The molecule has 0 fully saturated rings. The normalized spacial score (nSPS) is 11.0. The van der Waals surface area contributed by atoms with Crippen LogP contribution in [0.25, 0.3) is 0 Å². The zero-order valence-corrected chi connectivity index (χ0v) is 6.50. The number of carboxylic acid groups (broad SMARTS) is 1. The molecule has 0 radical (unpaired) electrons. The van der Waals surface area contributed by atoms with E-state index in [1.54, 1.807) is 0 Å². The molecule has 66 valence electrons. The summed E-state index contributed by atoms with van der Waals surface area (Å²) in [6, 6.07) is 1.14. The zero-order valence-electron chi connectivity index (χ0n) is 5.68. The highest BCUT2D eigenvalue weighted by molar-refractivity contribution is 7.90. The fraction of sp³-hybridized carbons (Fsp3) is 0. The van der Waals surface area contributed by atoms with Crippen LogP contribution in [-0.2, 0) is 10.0 Å². The van der Waals surface area contributed by atoms with Gasteiger partial charge in [0.25, 0.3) is 10.0 Å². The summed E-state index contributed by atoms with van der Waals surface area (Å²) in [6.07, 6.45) is -0.430. The molecular formula is C4H5N3O4S. The van der Waals surface area contributed by atoms with Gasteiger partial charge in [0.1, 0.15) is 0 Å². The van der Waals surface area contributed by atoms with Gasteiger partial charge in [-0.15, -0.1) is 0 Å². The van der Waals surface area contributed by atoms with E-state index < -0.39 is 16.1 Å². The molecule has 0 aliphatic carbocycles. The maximum Gasteiger partial charge on any atom is 0.418 e. The largest absolute Gasteiger partial charge is 0.464 e. The molecule has 0 unspecified atom stereocenters. The van der Waals surface area contributed by atoms with Crippen molar-refractivity contribution in [2.75, 3.05) is 0 Å². The minimum absolute atomic E-state index is 0.287. The number of hydrogen-bond donors (Lipinski definition) is 3. The topological polar surface area (TPSA) is 112 Å². The first-order chi connectivity index (χ1) is 5.52. The van der Waals surface area contributed by atoms with Crippen LogP contribution in [0.5, 0.6) is 0 Å². The monoisotopic (exact) mass is 191 g/mol. The van der Waals surface area contributed by atoms with Gasteiger partial charge in [0.05, 0.1) is 6.20 Å². The molecule has 1 amide bonds. The Labute approximate surface area is 67.5 Å². The number of nitrogens with zero attached hydrogens (tertiary/aromatic N) is 1. The Kier molecular flexibility index (Phi) is 2.00. The Morgan fingerprint density at radius 3 is 2.75 bits per heavy atom. The van der Waals surface area contributed by atoms with E-state index in [0.29, 0.717) is 0 Å². The molecule has 0 aliphatic heterocycles. The zero-order chi connectivity index (χ0) is 9.19. The minimum Gasteiger partial charge on any atom is -0.464 e. The van der Waals surface area contributed by atoms with Crippen LogP contribution < -0.4 is 4.72 Å². The van der Waals surface area contributed by atoms with Gasteiger partial charge in [-0.1, -0.05) is 0 Å². The van der Waals surface area contributed by atoms with Gasteiger partial charge < -0.3 is 5.11 Å². The molecule has 0 aliphatic rings. The highest BCUT2D eigenvalue weighted by atomic mass is 32.2. The van der Waals surface area contributed by atoms with Gasteiger partial charge in [-0.2, -0.15) is 13.5 Å². The van der Waals surface area contributed by atoms with Crippen molar-refractivity contribution < 1.29 is 18.3 Å². The Morgan fingerprint density at radius 2 is 2.33 bits per heavy atom. The molecule has 1 heterocycles. The lowest BCUT2D eigenvalue weighted by molar-refractivity contribution is 0.201. The van der Waals surface area contributed by atoms with Gasteiger partial charge in [0, 0.05) is 0 Å².